The lowest BCUT2D eigenvalue weighted by molar-refractivity contribution is 0.173. The number of ether oxygens (including phenoxy) is 1. The van der Waals surface area contributed by atoms with E-state index in [1.807, 2.05) is 6.07 Å². The minimum absolute atomic E-state index is 0.164. The average molecular weight is 237 g/mol. The molecule has 0 aromatic heterocycles. The van der Waals surface area contributed by atoms with Crippen molar-refractivity contribution in [3.63, 3.8) is 0 Å². The van der Waals surface area contributed by atoms with Gasteiger partial charge in [0.25, 0.3) is 0 Å². The molecular weight excluding hydrogens is 217 g/mol. The van der Waals surface area contributed by atoms with E-state index in [4.69, 9.17) is 4.74 Å². The Morgan fingerprint density at radius 1 is 1.47 bits per heavy atom. The molecule has 1 aromatic carbocycles. The van der Waals surface area contributed by atoms with Crippen LogP contribution in [0.1, 0.15) is 25.3 Å². The van der Waals surface area contributed by atoms with E-state index in [1.165, 1.54) is 18.9 Å². The van der Waals surface area contributed by atoms with Gasteiger partial charge in [-0.1, -0.05) is 13.0 Å². The van der Waals surface area contributed by atoms with Crippen LogP contribution in [0.4, 0.5) is 4.39 Å². The molecule has 0 amide bonds. The molecule has 1 saturated heterocycles. The number of hydrogen-bond acceptors (Lipinski definition) is 2. The molecule has 0 N–H and O–H groups in total. The fraction of sp³-hybridized carbons (Fsp3) is 0.571. The van der Waals surface area contributed by atoms with Gasteiger partial charge in [0.05, 0.1) is 7.11 Å². The molecule has 0 spiro atoms. The number of halogens is 1. The third-order valence-corrected chi connectivity index (χ3v) is 3.42. The first-order valence-corrected chi connectivity index (χ1v) is 6.24. The molecule has 0 saturated carbocycles. The first kappa shape index (κ1) is 12.4. The molecule has 2 rings (SSSR count). The fourth-order valence-electron chi connectivity index (χ4n) is 2.54. The Labute approximate surface area is 102 Å². The van der Waals surface area contributed by atoms with E-state index in [0.717, 1.165) is 13.1 Å². The van der Waals surface area contributed by atoms with Gasteiger partial charge in [-0.15, -0.1) is 0 Å². The van der Waals surface area contributed by atoms with Crippen molar-refractivity contribution in [2.75, 3.05) is 20.2 Å². The molecular formula is C14H20FNO. The summed E-state index contributed by atoms with van der Waals surface area (Å²) in [6.45, 7) is 5.02. The zero-order chi connectivity index (χ0) is 12.3. The summed E-state index contributed by atoms with van der Waals surface area (Å²) in [6, 6.07) is 5.02. The second-order valence-corrected chi connectivity index (χ2v) is 4.90. The van der Waals surface area contributed by atoms with Gasteiger partial charge in [-0.2, -0.15) is 0 Å². The molecule has 1 heterocycles. The van der Waals surface area contributed by atoms with Gasteiger partial charge in [0.2, 0.25) is 0 Å². The van der Waals surface area contributed by atoms with Crippen molar-refractivity contribution < 1.29 is 9.13 Å². The summed E-state index contributed by atoms with van der Waals surface area (Å²) < 4.78 is 19.0. The lowest BCUT2D eigenvalue weighted by Crippen LogP contribution is -2.34. The summed E-state index contributed by atoms with van der Waals surface area (Å²) in [7, 11) is 1.59. The van der Waals surface area contributed by atoms with Gasteiger partial charge < -0.3 is 4.74 Å². The lowest BCUT2D eigenvalue weighted by Gasteiger charge is -2.31. The number of hydrogen-bond donors (Lipinski definition) is 0. The third kappa shape index (κ3) is 2.97. The predicted octanol–water partition coefficient (Wildman–Crippen LogP) is 3.07. The molecule has 0 aliphatic carbocycles. The molecule has 0 radical (unpaired) electrons. The summed E-state index contributed by atoms with van der Waals surface area (Å²) in [5.41, 5.74) is 0.684. The number of piperidine rings is 1. The highest BCUT2D eigenvalue weighted by molar-refractivity contribution is 5.34. The minimum Gasteiger partial charge on any atom is -0.496 e. The number of likely N-dealkylation sites (tertiary alicyclic amines) is 1. The van der Waals surface area contributed by atoms with Gasteiger partial charge >= 0.3 is 0 Å². The second-order valence-electron chi connectivity index (χ2n) is 4.90. The highest BCUT2D eigenvalue weighted by Gasteiger charge is 2.19. The van der Waals surface area contributed by atoms with E-state index in [1.54, 1.807) is 13.2 Å². The summed E-state index contributed by atoms with van der Waals surface area (Å²) in [4.78, 5) is 2.31. The molecule has 0 bridgehead atoms. The Bertz CT molecular complexity index is 380. The van der Waals surface area contributed by atoms with Gasteiger partial charge in [-0.05, 0) is 37.4 Å². The standard InChI is InChI=1S/C14H20FNO/c1-11-5-4-8-16(9-11)10-12-13(15)6-3-7-14(12)17-2/h3,6-7,11H,4-5,8-10H2,1-2H3/t11-/m0/s1. The summed E-state index contributed by atoms with van der Waals surface area (Å²) >= 11 is 0. The first-order chi connectivity index (χ1) is 8.20. The molecule has 17 heavy (non-hydrogen) atoms. The van der Waals surface area contributed by atoms with Gasteiger partial charge in [0.15, 0.2) is 0 Å². The Kier molecular flexibility index (Phi) is 4.00. The topological polar surface area (TPSA) is 12.5 Å². The quantitative estimate of drug-likeness (QED) is 0.801. The molecule has 1 aliphatic heterocycles. The Balaban J connectivity index is 2.12. The van der Waals surface area contributed by atoms with Crippen molar-refractivity contribution in [1.29, 1.82) is 0 Å². The monoisotopic (exact) mass is 237 g/mol. The second kappa shape index (κ2) is 5.50. The van der Waals surface area contributed by atoms with Crippen LogP contribution >= 0.6 is 0 Å². The molecule has 2 nitrogen and oxygen atoms in total. The van der Waals surface area contributed by atoms with Crippen LogP contribution in [0.25, 0.3) is 0 Å². The van der Waals surface area contributed by atoms with Gasteiger partial charge in [-0.3, -0.25) is 4.90 Å². The zero-order valence-corrected chi connectivity index (χ0v) is 10.6. The lowest BCUT2D eigenvalue weighted by atomic mass is 9.99. The van der Waals surface area contributed by atoms with Crippen LogP contribution in [0.5, 0.6) is 5.75 Å². The number of methoxy groups -OCH3 is 1. The average Bonchev–Trinajstić information content (AvgIpc) is 2.32. The Hall–Kier alpha value is -1.09. The number of nitrogens with zero attached hydrogens (tertiary/aromatic N) is 1. The maximum absolute atomic E-state index is 13.8. The first-order valence-electron chi connectivity index (χ1n) is 6.24. The predicted molar refractivity (Wildman–Crippen MR) is 66.6 cm³/mol. The van der Waals surface area contributed by atoms with Crippen LogP contribution in [-0.2, 0) is 6.54 Å². The fourth-order valence-corrected chi connectivity index (χ4v) is 2.54. The van der Waals surface area contributed by atoms with Crippen molar-refractivity contribution in [3.8, 4) is 5.75 Å². The highest BCUT2D eigenvalue weighted by atomic mass is 19.1. The van der Waals surface area contributed by atoms with Crippen molar-refractivity contribution in [2.24, 2.45) is 5.92 Å². The normalized spacial score (nSPS) is 21.5. The van der Waals surface area contributed by atoms with Crippen molar-refractivity contribution in [3.05, 3.63) is 29.6 Å². The summed E-state index contributed by atoms with van der Waals surface area (Å²) in [6.07, 6.45) is 2.49. The van der Waals surface area contributed by atoms with E-state index < -0.39 is 0 Å². The van der Waals surface area contributed by atoms with E-state index in [2.05, 4.69) is 11.8 Å². The summed E-state index contributed by atoms with van der Waals surface area (Å²) in [5.74, 6) is 1.20. The maximum atomic E-state index is 13.8. The van der Waals surface area contributed by atoms with Gasteiger partial charge in [-0.25, -0.2) is 4.39 Å². The van der Waals surface area contributed by atoms with E-state index >= 15 is 0 Å². The Morgan fingerprint density at radius 2 is 2.29 bits per heavy atom. The highest BCUT2D eigenvalue weighted by Crippen LogP contribution is 2.25. The van der Waals surface area contributed by atoms with Crippen molar-refractivity contribution in [2.45, 2.75) is 26.3 Å². The van der Waals surface area contributed by atoms with E-state index in [9.17, 15) is 4.39 Å². The molecule has 1 fully saturated rings. The van der Waals surface area contributed by atoms with Gasteiger partial charge in [0.1, 0.15) is 11.6 Å². The van der Waals surface area contributed by atoms with Gasteiger partial charge in [0, 0.05) is 18.7 Å². The van der Waals surface area contributed by atoms with Crippen LogP contribution in [-0.4, -0.2) is 25.1 Å². The summed E-state index contributed by atoms with van der Waals surface area (Å²) in [5, 5.41) is 0. The molecule has 94 valence electrons. The van der Waals surface area contributed by atoms with Crippen LogP contribution in [0.2, 0.25) is 0 Å². The SMILES string of the molecule is COc1cccc(F)c1CN1CCC[C@H](C)C1. The molecule has 3 heteroatoms. The van der Waals surface area contributed by atoms with E-state index in [-0.39, 0.29) is 5.82 Å². The van der Waals surface area contributed by atoms with E-state index in [0.29, 0.717) is 23.8 Å². The molecule has 1 aromatic rings. The van der Waals surface area contributed by atoms with Crippen LogP contribution < -0.4 is 4.74 Å². The van der Waals surface area contributed by atoms with Crippen LogP contribution in [0.3, 0.4) is 0 Å². The number of benzene rings is 1. The molecule has 0 unspecified atom stereocenters. The molecule has 1 atom stereocenters. The maximum Gasteiger partial charge on any atom is 0.131 e. The van der Waals surface area contributed by atoms with Crippen molar-refractivity contribution in [1.82, 2.24) is 4.90 Å². The molecule has 1 aliphatic rings. The minimum atomic E-state index is -0.164. The van der Waals surface area contributed by atoms with Crippen LogP contribution in [0, 0.1) is 11.7 Å². The zero-order valence-electron chi connectivity index (χ0n) is 10.6. The number of rotatable bonds is 3. The Morgan fingerprint density at radius 3 is 3.00 bits per heavy atom. The van der Waals surface area contributed by atoms with Crippen LogP contribution in [0.15, 0.2) is 18.2 Å². The third-order valence-electron chi connectivity index (χ3n) is 3.42. The smallest absolute Gasteiger partial charge is 0.131 e. The van der Waals surface area contributed by atoms with Crippen molar-refractivity contribution >= 4 is 0 Å². The largest absolute Gasteiger partial charge is 0.496 e.